The zero-order chi connectivity index (χ0) is 17.8. The van der Waals surface area contributed by atoms with Crippen molar-refractivity contribution in [3.63, 3.8) is 0 Å². The molecule has 1 aromatic carbocycles. The Bertz CT molecular complexity index is 860. The van der Waals surface area contributed by atoms with E-state index in [9.17, 15) is 0 Å². The van der Waals surface area contributed by atoms with Crippen molar-refractivity contribution in [3.8, 4) is 11.3 Å². The van der Waals surface area contributed by atoms with Crippen molar-refractivity contribution < 1.29 is 4.42 Å². The number of anilines is 3. The van der Waals surface area contributed by atoms with Gasteiger partial charge in [0.25, 0.3) is 0 Å². The highest BCUT2D eigenvalue weighted by molar-refractivity contribution is 5.66. The van der Waals surface area contributed by atoms with E-state index >= 15 is 0 Å². The first kappa shape index (κ1) is 16.5. The molecule has 4 rings (SSSR count). The third-order valence-corrected chi connectivity index (χ3v) is 4.34. The van der Waals surface area contributed by atoms with Crippen molar-refractivity contribution in [2.75, 3.05) is 23.7 Å². The molecule has 0 atom stereocenters. The van der Waals surface area contributed by atoms with Gasteiger partial charge in [-0.05, 0) is 43.9 Å². The van der Waals surface area contributed by atoms with Crippen LogP contribution in [0, 0.1) is 0 Å². The van der Waals surface area contributed by atoms with Crippen molar-refractivity contribution in [2.45, 2.75) is 25.2 Å². The Morgan fingerprint density at radius 3 is 2.92 bits per heavy atom. The average Bonchev–Trinajstić information content (AvgIpc) is 3.35. The maximum absolute atomic E-state index is 5.59. The molecule has 2 aromatic heterocycles. The molecule has 0 unspecified atom stereocenters. The van der Waals surface area contributed by atoms with Gasteiger partial charge in [-0.3, -0.25) is 0 Å². The fourth-order valence-corrected chi connectivity index (χ4v) is 2.83. The number of benzene rings is 1. The number of nitrogens with two attached hydrogens (primary N) is 1. The maximum Gasteiger partial charge on any atom is 0.229 e. The van der Waals surface area contributed by atoms with E-state index < -0.39 is 0 Å². The van der Waals surface area contributed by atoms with Crippen LogP contribution in [0.1, 0.15) is 30.7 Å². The van der Waals surface area contributed by atoms with Crippen LogP contribution in [0.2, 0.25) is 0 Å². The molecule has 1 aliphatic rings. The fraction of sp³-hybridized carbons (Fsp3) is 0.316. The minimum absolute atomic E-state index is 0.569. The zero-order valence-corrected chi connectivity index (χ0v) is 14.5. The first-order valence-electron chi connectivity index (χ1n) is 8.90. The van der Waals surface area contributed by atoms with Gasteiger partial charge in [0.15, 0.2) is 12.2 Å². The topological polar surface area (TPSA) is 102 Å². The molecule has 7 nitrogen and oxygen atoms in total. The molecule has 3 aromatic rings. The van der Waals surface area contributed by atoms with Gasteiger partial charge in [-0.1, -0.05) is 12.1 Å². The molecule has 0 spiro atoms. The van der Waals surface area contributed by atoms with Crippen LogP contribution < -0.4 is 16.4 Å². The van der Waals surface area contributed by atoms with Gasteiger partial charge in [0, 0.05) is 29.6 Å². The minimum atomic E-state index is 0.569. The maximum atomic E-state index is 5.59. The van der Waals surface area contributed by atoms with Crippen molar-refractivity contribution in [3.05, 3.63) is 48.6 Å². The molecule has 7 heteroatoms. The summed E-state index contributed by atoms with van der Waals surface area (Å²) < 4.78 is 5.36. The van der Waals surface area contributed by atoms with E-state index in [2.05, 4.69) is 25.6 Å². The second-order valence-corrected chi connectivity index (χ2v) is 6.41. The second kappa shape index (κ2) is 7.53. The summed E-state index contributed by atoms with van der Waals surface area (Å²) in [6, 6.07) is 7.89. The molecule has 0 saturated heterocycles. The number of nitrogens with one attached hydrogen (secondary N) is 2. The van der Waals surface area contributed by atoms with E-state index in [-0.39, 0.29) is 0 Å². The predicted molar refractivity (Wildman–Crippen MR) is 101 cm³/mol. The van der Waals surface area contributed by atoms with Crippen molar-refractivity contribution in [1.29, 1.82) is 0 Å². The van der Waals surface area contributed by atoms with Gasteiger partial charge < -0.3 is 20.8 Å². The number of aromatic nitrogens is 3. The summed E-state index contributed by atoms with van der Waals surface area (Å²) in [7, 11) is 0. The average molecular weight is 350 g/mol. The lowest BCUT2D eigenvalue weighted by molar-refractivity contribution is 0.572. The molecule has 1 aliphatic carbocycles. The quantitative estimate of drug-likeness (QED) is 0.534. The lowest BCUT2D eigenvalue weighted by atomic mass is 10.1. The monoisotopic (exact) mass is 350 g/mol. The van der Waals surface area contributed by atoms with Gasteiger partial charge in [-0.15, -0.1) is 0 Å². The van der Waals surface area contributed by atoms with Crippen LogP contribution in [0.3, 0.4) is 0 Å². The Morgan fingerprint density at radius 1 is 1.23 bits per heavy atom. The summed E-state index contributed by atoms with van der Waals surface area (Å²) in [4.78, 5) is 13.1. The van der Waals surface area contributed by atoms with Crippen LogP contribution in [-0.2, 0) is 0 Å². The van der Waals surface area contributed by atoms with Gasteiger partial charge in [0.2, 0.25) is 5.95 Å². The van der Waals surface area contributed by atoms with Crippen LogP contribution in [0.25, 0.3) is 11.3 Å². The number of hydrogen-bond acceptors (Lipinski definition) is 7. The molecule has 26 heavy (non-hydrogen) atoms. The molecule has 4 N–H and O–H groups in total. The van der Waals surface area contributed by atoms with Crippen molar-refractivity contribution in [2.24, 2.45) is 5.73 Å². The van der Waals surface area contributed by atoms with E-state index in [1.54, 1.807) is 6.20 Å². The summed E-state index contributed by atoms with van der Waals surface area (Å²) in [5, 5.41) is 6.68. The first-order valence-corrected chi connectivity index (χ1v) is 8.90. The predicted octanol–water partition coefficient (Wildman–Crippen LogP) is 3.51. The van der Waals surface area contributed by atoms with E-state index in [1.165, 1.54) is 24.8 Å². The molecular formula is C19H22N6O. The summed E-state index contributed by atoms with van der Waals surface area (Å²) in [5.74, 6) is 2.78. The number of nitrogens with zero attached hydrogens (tertiary/aromatic N) is 3. The summed E-state index contributed by atoms with van der Waals surface area (Å²) in [6.45, 7) is 1.48. The first-order chi connectivity index (χ1) is 12.8. The fourth-order valence-electron chi connectivity index (χ4n) is 2.83. The Balaban J connectivity index is 1.54. The van der Waals surface area contributed by atoms with Gasteiger partial charge in [0.05, 0.1) is 6.20 Å². The Kier molecular flexibility index (Phi) is 4.79. The largest absolute Gasteiger partial charge is 0.444 e. The zero-order valence-electron chi connectivity index (χ0n) is 14.5. The molecule has 0 bridgehead atoms. The number of rotatable bonds is 8. The lowest BCUT2D eigenvalue weighted by Gasteiger charge is -2.12. The molecule has 0 amide bonds. The van der Waals surface area contributed by atoms with Gasteiger partial charge in [0.1, 0.15) is 5.82 Å². The van der Waals surface area contributed by atoms with Crippen LogP contribution in [0.4, 0.5) is 17.5 Å². The summed E-state index contributed by atoms with van der Waals surface area (Å²) in [6.07, 6.45) is 8.38. The highest BCUT2D eigenvalue weighted by atomic mass is 16.3. The molecule has 134 valence electrons. The standard InChI is InChI=1S/C19H22N6O/c20-7-2-8-22-18-16(13-5-6-13)10-23-19(25-18)24-15-4-1-3-14(9-15)17-11-21-12-26-17/h1,3-4,9-13H,2,5-8,20H2,(H2,22,23,24,25). The smallest absolute Gasteiger partial charge is 0.229 e. The van der Waals surface area contributed by atoms with Crippen molar-refractivity contribution >= 4 is 17.5 Å². The van der Waals surface area contributed by atoms with Crippen LogP contribution >= 0.6 is 0 Å². The highest BCUT2D eigenvalue weighted by Crippen LogP contribution is 2.42. The van der Waals surface area contributed by atoms with Gasteiger partial charge >= 0.3 is 0 Å². The molecule has 1 fully saturated rings. The van der Waals surface area contributed by atoms with Gasteiger partial charge in [-0.25, -0.2) is 9.97 Å². The molecular weight excluding hydrogens is 328 g/mol. The molecule has 1 saturated carbocycles. The number of hydrogen-bond donors (Lipinski definition) is 3. The summed E-state index contributed by atoms with van der Waals surface area (Å²) >= 11 is 0. The minimum Gasteiger partial charge on any atom is -0.444 e. The molecule has 0 radical (unpaired) electrons. The van der Waals surface area contributed by atoms with Crippen LogP contribution in [0.5, 0.6) is 0 Å². The molecule has 2 heterocycles. The lowest BCUT2D eigenvalue weighted by Crippen LogP contribution is -2.12. The third kappa shape index (κ3) is 3.83. The normalized spacial score (nSPS) is 13.6. The Hall–Kier alpha value is -2.93. The van der Waals surface area contributed by atoms with E-state index in [0.717, 1.165) is 35.8 Å². The Morgan fingerprint density at radius 2 is 2.15 bits per heavy atom. The van der Waals surface area contributed by atoms with E-state index in [1.807, 2.05) is 30.5 Å². The van der Waals surface area contributed by atoms with Gasteiger partial charge in [-0.2, -0.15) is 4.98 Å². The van der Waals surface area contributed by atoms with Crippen LogP contribution in [-0.4, -0.2) is 28.0 Å². The number of oxazole rings is 1. The van der Waals surface area contributed by atoms with Crippen LogP contribution in [0.15, 0.2) is 47.5 Å². The highest BCUT2D eigenvalue weighted by Gasteiger charge is 2.27. The second-order valence-electron chi connectivity index (χ2n) is 6.41. The van der Waals surface area contributed by atoms with E-state index in [4.69, 9.17) is 10.2 Å². The molecule has 0 aliphatic heterocycles. The Labute approximate surface area is 152 Å². The SMILES string of the molecule is NCCCNc1nc(Nc2cccc(-c3cnco3)c2)ncc1C1CC1. The van der Waals surface area contributed by atoms with E-state index in [0.29, 0.717) is 18.4 Å². The third-order valence-electron chi connectivity index (χ3n) is 4.34. The summed E-state index contributed by atoms with van der Waals surface area (Å²) in [5.41, 5.74) is 8.63. The van der Waals surface area contributed by atoms with Crippen molar-refractivity contribution in [1.82, 2.24) is 15.0 Å².